The number of fused-ring (bicyclic) bond motifs is 5. The fraction of sp³-hybridized carbons (Fsp3) is 0.458. The first-order valence-electron chi connectivity index (χ1n) is 11.0. The third-order valence-electron chi connectivity index (χ3n) is 5.65. The number of imidazole rings is 1. The fourth-order valence-electron chi connectivity index (χ4n) is 4.22. The van der Waals surface area contributed by atoms with Crippen LogP contribution in [0.3, 0.4) is 0 Å². The highest BCUT2D eigenvalue weighted by atomic mass is 16.5. The topological polar surface area (TPSA) is 61.4 Å². The predicted molar refractivity (Wildman–Crippen MR) is 120 cm³/mol. The second kappa shape index (κ2) is 8.86. The lowest BCUT2D eigenvalue weighted by Gasteiger charge is -2.07. The SMILES string of the molecule is CCCCCCCCCn1cc(OC(C)=O)c2c1nc(C)n1c3ccccc3nc21. The summed E-state index contributed by atoms with van der Waals surface area (Å²) in [5.41, 5.74) is 3.53. The Morgan fingerprint density at radius 3 is 2.50 bits per heavy atom. The highest BCUT2D eigenvalue weighted by Gasteiger charge is 2.20. The summed E-state index contributed by atoms with van der Waals surface area (Å²) in [5, 5.41) is 0.801. The first-order valence-corrected chi connectivity index (χ1v) is 11.0. The van der Waals surface area contributed by atoms with E-state index in [1.807, 2.05) is 41.8 Å². The summed E-state index contributed by atoms with van der Waals surface area (Å²) in [6.45, 7) is 6.53. The average molecular weight is 407 g/mol. The Labute approximate surface area is 176 Å². The Balaban J connectivity index is 1.70. The van der Waals surface area contributed by atoms with Crippen molar-refractivity contribution in [1.82, 2.24) is 18.9 Å². The number of benzene rings is 1. The number of unbranched alkanes of at least 4 members (excludes halogenated alkanes) is 6. The number of ether oxygens (including phenoxy) is 1. The van der Waals surface area contributed by atoms with Crippen LogP contribution in [0.25, 0.3) is 27.7 Å². The Morgan fingerprint density at radius 1 is 1.00 bits per heavy atom. The molecule has 158 valence electrons. The largest absolute Gasteiger partial charge is 0.424 e. The Bertz CT molecular complexity index is 1190. The molecule has 0 aliphatic carbocycles. The Morgan fingerprint density at radius 2 is 1.73 bits per heavy atom. The van der Waals surface area contributed by atoms with Crippen LogP contribution in [0.2, 0.25) is 0 Å². The second-order valence-corrected chi connectivity index (χ2v) is 8.02. The summed E-state index contributed by atoms with van der Waals surface area (Å²) >= 11 is 0. The Kier molecular flexibility index (Phi) is 6.02. The summed E-state index contributed by atoms with van der Waals surface area (Å²) in [4.78, 5) is 21.5. The van der Waals surface area contributed by atoms with Gasteiger partial charge in [0.05, 0.1) is 11.0 Å². The maximum absolute atomic E-state index is 11.7. The first kappa shape index (κ1) is 20.4. The smallest absolute Gasteiger partial charge is 0.308 e. The average Bonchev–Trinajstić information content (AvgIpc) is 3.25. The number of aromatic nitrogens is 4. The van der Waals surface area contributed by atoms with Crippen LogP contribution in [0.1, 0.15) is 64.6 Å². The van der Waals surface area contributed by atoms with E-state index < -0.39 is 0 Å². The second-order valence-electron chi connectivity index (χ2n) is 8.02. The molecule has 0 saturated carbocycles. The number of esters is 1. The fourth-order valence-corrected chi connectivity index (χ4v) is 4.22. The van der Waals surface area contributed by atoms with Crippen LogP contribution < -0.4 is 4.74 Å². The molecular weight excluding hydrogens is 376 g/mol. The zero-order valence-corrected chi connectivity index (χ0v) is 18.1. The van der Waals surface area contributed by atoms with Crippen molar-refractivity contribution >= 4 is 33.7 Å². The van der Waals surface area contributed by atoms with E-state index >= 15 is 0 Å². The van der Waals surface area contributed by atoms with Gasteiger partial charge in [-0.2, -0.15) is 0 Å². The van der Waals surface area contributed by atoms with E-state index in [-0.39, 0.29) is 5.97 Å². The lowest BCUT2D eigenvalue weighted by atomic mass is 10.1. The molecule has 3 heterocycles. The van der Waals surface area contributed by atoms with Crippen LogP contribution in [-0.4, -0.2) is 24.9 Å². The quantitative estimate of drug-likeness (QED) is 0.259. The normalized spacial score (nSPS) is 11.7. The lowest BCUT2D eigenvalue weighted by molar-refractivity contribution is -0.131. The molecule has 0 aliphatic heterocycles. The van der Waals surface area contributed by atoms with E-state index in [1.165, 1.54) is 45.4 Å². The van der Waals surface area contributed by atoms with Gasteiger partial charge in [-0.25, -0.2) is 9.97 Å². The molecular formula is C24H30N4O2. The molecule has 6 nitrogen and oxygen atoms in total. The van der Waals surface area contributed by atoms with Gasteiger partial charge in [0.2, 0.25) is 0 Å². The van der Waals surface area contributed by atoms with E-state index in [0.29, 0.717) is 5.75 Å². The van der Waals surface area contributed by atoms with E-state index in [1.54, 1.807) is 0 Å². The third-order valence-corrected chi connectivity index (χ3v) is 5.65. The molecule has 0 fully saturated rings. The van der Waals surface area contributed by atoms with Gasteiger partial charge in [-0.3, -0.25) is 9.20 Å². The van der Waals surface area contributed by atoms with Crippen LogP contribution in [0.15, 0.2) is 30.5 Å². The maximum Gasteiger partial charge on any atom is 0.308 e. The zero-order valence-electron chi connectivity index (χ0n) is 18.1. The molecule has 0 radical (unpaired) electrons. The van der Waals surface area contributed by atoms with Gasteiger partial charge in [-0.05, 0) is 25.5 Å². The number of hydrogen-bond donors (Lipinski definition) is 0. The first-order chi connectivity index (χ1) is 14.6. The van der Waals surface area contributed by atoms with E-state index in [9.17, 15) is 4.79 Å². The highest BCUT2D eigenvalue weighted by Crippen LogP contribution is 2.33. The van der Waals surface area contributed by atoms with Gasteiger partial charge < -0.3 is 9.30 Å². The van der Waals surface area contributed by atoms with Gasteiger partial charge in [0.25, 0.3) is 0 Å². The van der Waals surface area contributed by atoms with E-state index in [4.69, 9.17) is 14.7 Å². The maximum atomic E-state index is 11.7. The number of nitrogens with zero attached hydrogens (tertiary/aromatic N) is 4. The standard InChI is InChI=1S/C24H30N4O2/c1-4-5-6-7-8-9-12-15-27-16-21(30-18(3)29)22-23(27)25-17(2)28-20-14-11-10-13-19(20)26-24(22)28/h10-11,13-14,16H,4-9,12,15H2,1-3H3. The molecule has 0 unspecified atom stereocenters. The minimum absolute atomic E-state index is 0.334. The summed E-state index contributed by atoms with van der Waals surface area (Å²) in [7, 11) is 0. The number of rotatable bonds is 9. The van der Waals surface area contributed by atoms with Gasteiger partial charge >= 0.3 is 5.97 Å². The van der Waals surface area contributed by atoms with Crippen LogP contribution in [0, 0.1) is 6.92 Å². The van der Waals surface area contributed by atoms with Gasteiger partial charge in [0.1, 0.15) is 16.9 Å². The molecule has 1 aromatic carbocycles. The van der Waals surface area contributed by atoms with E-state index in [0.717, 1.165) is 46.5 Å². The molecule has 0 N–H and O–H groups in total. The molecule has 6 heteroatoms. The van der Waals surface area contributed by atoms with Gasteiger partial charge in [0, 0.05) is 19.7 Å². The zero-order chi connectivity index (χ0) is 21.1. The van der Waals surface area contributed by atoms with Crippen molar-refractivity contribution in [2.24, 2.45) is 0 Å². The molecule has 30 heavy (non-hydrogen) atoms. The molecule has 0 saturated heterocycles. The van der Waals surface area contributed by atoms with Crippen molar-refractivity contribution in [3.05, 3.63) is 36.3 Å². The lowest BCUT2D eigenvalue weighted by Crippen LogP contribution is -2.02. The van der Waals surface area contributed by atoms with Crippen LogP contribution in [0.4, 0.5) is 0 Å². The molecule has 4 rings (SSSR count). The van der Waals surface area contributed by atoms with Crippen molar-refractivity contribution in [2.75, 3.05) is 0 Å². The molecule has 0 atom stereocenters. The van der Waals surface area contributed by atoms with Gasteiger partial charge in [0.15, 0.2) is 11.4 Å². The number of carbonyl (C=O) groups excluding carboxylic acids is 1. The molecule has 4 aromatic rings. The van der Waals surface area contributed by atoms with Crippen molar-refractivity contribution in [3.8, 4) is 5.75 Å². The summed E-state index contributed by atoms with van der Waals surface area (Å²) in [6.07, 6.45) is 10.7. The third kappa shape index (κ3) is 3.91. The Hall–Kier alpha value is -2.89. The number of para-hydroxylation sites is 2. The van der Waals surface area contributed by atoms with Crippen LogP contribution >= 0.6 is 0 Å². The van der Waals surface area contributed by atoms with Crippen LogP contribution in [0.5, 0.6) is 5.75 Å². The summed E-state index contributed by atoms with van der Waals surface area (Å²) in [5.74, 6) is 1.08. The van der Waals surface area contributed by atoms with Crippen molar-refractivity contribution < 1.29 is 9.53 Å². The molecule has 0 spiro atoms. The van der Waals surface area contributed by atoms with Crippen LogP contribution in [-0.2, 0) is 11.3 Å². The minimum Gasteiger partial charge on any atom is -0.424 e. The van der Waals surface area contributed by atoms with E-state index in [2.05, 4.69) is 11.5 Å². The van der Waals surface area contributed by atoms with Gasteiger partial charge in [-0.1, -0.05) is 57.6 Å². The molecule has 3 aromatic heterocycles. The van der Waals surface area contributed by atoms with Gasteiger partial charge in [-0.15, -0.1) is 0 Å². The molecule has 0 bridgehead atoms. The predicted octanol–water partition coefficient (Wildman–Crippen LogP) is 5.82. The number of aryl methyl sites for hydroxylation is 2. The number of carbonyl (C=O) groups is 1. The number of hydrogen-bond acceptors (Lipinski definition) is 4. The van der Waals surface area contributed by atoms with Crippen molar-refractivity contribution in [2.45, 2.75) is 72.3 Å². The summed E-state index contributed by atoms with van der Waals surface area (Å²) in [6, 6.07) is 8.01. The minimum atomic E-state index is -0.334. The highest BCUT2D eigenvalue weighted by molar-refractivity contribution is 6.00. The summed E-state index contributed by atoms with van der Waals surface area (Å²) < 4.78 is 9.73. The van der Waals surface area contributed by atoms with Crippen molar-refractivity contribution in [1.29, 1.82) is 0 Å². The molecule has 0 aliphatic rings. The monoisotopic (exact) mass is 406 g/mol. The molecule has 0 amide bonds. The van der Waals surface area contributed by atoms with Crippen molar-refractivity contribution in [3.63, 3.8) is 0 Å².